The molecule has 6 nitrogen and oxygen atoms in total. The highest BCUT2D eigenvalue weighted by Crippen LogP contribution is 2.44. The lowest BCUT2D eigenvalue weighted by molar-refractivity contribution is -0.129. The number of hydrogen-bond acceptors (Lipinski definition) is 4. The Labute approximate surface area is 147 Å². The highest BCUT2D eigenvalue weighted by atomic mass is 16.5. The molecular weight excluding hydrogens is 318 g/mol. The second-order valence-corrected chi connectivity index (χ2v) is 6.56. The van der Waals surface area contributed by atoms with Crippen LogP contribution < -0.4 is 10.6 Å². The second-order valence-electron chi connectivity index (χ2n) is 6.56. The first-order chi connectivity index (χ1) is 12.0. The molecule has 0 saturated heterocycles. The van der Waals surface area contributed by atoms with Gasteiger partial charge in [0.25, 0.3) is 5.91 Å². The van der Waals surface area contributed by atoms with Gasteiger partial charge >= 0.3 is 0 Å². The van der Waals surface area contributed by atoms with Gasteiger partial charge in [0.2, 0.25) is 11.7 Å². The molecule has 0 radical (unpaired) electrons. The Morgan fingerprint density at radius 2 is 1.96 bits per heavy atom. The number of amides is 2. The van der Waals surface area contributed by atoms with Crippen molar-refractivity contribution in [2.24, 2.45) is 0 Å². The van der Waals surface area contributed by atoms with Crippen LogP contribution in [0.5, 0.6) is 0 Å². The maximum absolute atomic E-state index is 12.6. The highest BCUT2D eigenvalue weighted by Gasteiger charge is 2.45. The summed E-state index contributed by atoms with van der Waals surface area (Å²) in [6, 6.07) is 9.08. The molecule has 1 aromatic carbocycles. The van der Waals surface area contributed by atoms with Crippen LogP contribution in [0.15, 0.2) is 34.9 Å². The zero-order valence-electron chi connectivity index (χ0n) is 14.6. The molecule has 0 atom stereocenters. The predicted molar refractivity (Wildman–Crippen MR) is 94.5 cm³/mol. The van der Waals surface area contributed by atoms with E-state index in [2.05, 4.69) is 15.8 Å². The molecule has 1 heterocycles. The van der Waals surface area contributed by atoms with Crippen LogP contribution >= 0.6 is 0 Å². The van der Waals surface area contributed by atoms with E-state index in [0.717, 1.165) is 31.2 Å². The van der Waals surface area contributed by atoms with Gasteiger partial charge < -0.3 is 15.2 Å². The fraction of sp³-hybridized carbons (Fsp3) is 0.421. The molecule has 1 aromatic heterocycles. The third kappa shape index (κ3) is 3.43. The first kappa shape index (κ1) is 17.2. The van der Waals surface area contributed by atoms with Crippen LogP contribution in [-0.2, 0) is 10.2 Å². The Morgan fingerprint density at radius 3 is 2.48 bits per heavy atom. The van der Waals surface area contributed by atoms with Crippen molar-refractivity contribution in [1.29, 1.82) is 0 Å². The molecule has 0 spiro atoms. The Bertz CT molecular complexity index is 760. The van der Waals surface area contributed by atoms with Gasteiger partial charge in [-0.2, -0.15) is 0 Å². The minimum Gasteiger partial charge on any atom is -0.355 e. The summed E-state index contributed by atoms with van der Waals surface area (Å²) in [5, 5.41) is 9.50. The minimum atomic E-state index is -0.417. The van der Waals surface area contributed by atoms with Gasteiger partial charge in [0.05, 0.1) is 11.1 Å². The molecule has 1 aliphatic rings. The summed E-state index contributed by atoms with van der Waals surface area (Å²) in [4.78, 5) is 24.7. The Morgan fingerprint density at radius 1 is 1.24 bits per heavy atom. The molecule has 2 amide bonds. The Hall–Kier alpha value is -2.63. The van der Waals surface area contributed by atoms with Crippen molar-refractivity contribution in [2.45, 2.75) is 44.9 Å². The number of carbonyl (C=O) groups excluding carboxylic acids is 2. The summed E-state index contributed by atoms with van der Waals surface area (Å²) in [7, 11) is 0. The van der Waals surface area contributed by atoms with E-state index in [1.807, 2.05) is 31.2 Å². The Balaban J connectivity index is 1.71. The number of benzene rings is 1. The maximum atomic E-state index is 12.6. The van der Waals surface area contributed by atoms with Gasteiger partial charge in [-0.3, -0.25) is 9.59 Å². The van der Waals surface area contributed by atoms with E-state index >= 15 is 0 Å². The van der Waals surface area contributed by atoms with Crippen molar-refractivity contribution in [3.05, 3.63) is 47.3 Å². The summed E-state index contributed by atoms with van der Waals surface area (Å²) in [5.41, 5.74) is 1.90. The van der Waals surface area contributed by atoms with Gasteiger partial charge in [0, 0.05) is 18.3 Å². The average molecular weight is 341 g/mol. The predicted octanol–water partition coefficient (Wildman–Crippen LogP) is 3.18. The van der Waals surface area contributed by atoms with Gasteiger partial charge in [0.1, 0.15) is 0 Å². The van der Waals surface area contributed by atoms with Crippen LogP contribution in [0.3, 0.4) is 0 Å². The molecule has 25 heavy (non-hydrogen) atoms. The van der Waals surface area contributed by atoms with Gasteiger partial charge in [-0.25, -0.2) is 0 Å². The van der Waals surface area contributed by atoms with Gasteiger partial charge in [-0.1, -0.05) is 30.6 Å². The molecule has 0 bridgehead atoms. The van der Waals surface area contributed by atoms with E-state index in [0.29, 0.717) is 17.9 Å². The van der Waals surface area contributed by atoms with Crippen molar-refractivity contribution < 1.29 is 14.1 Å². The number of aryl methyl sites for hydroxylation is 1. The average Bonchev–Trinajstić information content (AvgIpc) is 3.00. The monoisotopic (exact) mass is 341 g/mol. The number of nitrogens with one attached hydrogen (secondary N) is 2. The van der Waals surface area contributed by atoms with Crippen molar-refractivity contribution in [3.63, 3.8) is 0 Å². The van der Waals surface area contributed by atoms with Gasteiger partial charge in [0.15, 0.2) is 0 Å². The lowest BCUT2D eigenvalue weighted by Gasteiger charge is -2.40. The molecule has 1 saturated carbocycles. The van der Waals surface area contributed by atoms with E-state index < -0.39 is 5.41 Å². The maximum Gasteiger partial charge on any atom is 0.294 e. The van der Waals surface area contributed by atoms with Crippen LogP contribution in [0, 0.1) is 6.92 Å². The Kier molecular flexibility index (Phi) is 4.88. The lowest BCUT2D eigenvalue weighted by Crippen LogP contribution is -2.49. The van der Waals surface area contributed by atoms with Crippen molar-refractivity contribution in [1.82, 2.24) is 10.5 Å². The van der Waals surface area contributed by atoms with Crippen molar-refractivity contribution in [2.75, 3.05) is 11.9 Å². The topological polar surface area (TPSA) is 84.2 Å². The molecular formula is C19H23N3O3. The van der Waals surface area contributed by atoms with E-state index in [9.17, 15) is 9.59 Å². The van der Waals surface area contributed by atoms with Crippen LogP contribution in [0.4, 0.5) is 5.69 Å². The second kappa shape index (κ2) is 7.09. The smallest absolute Gasteiger partial charge is 0.294 e. The van der Waals surface area contributed by atoms with E-state index in [1.54, 1.807) is 13.0 Å². The quantitative estimate of drug-likeness (QED) is 0.845. The number of nitrogens with zero attached hydrogens (tertiary/aromatic N) is 1. The number of anilines is 1. The molecule has 132 valence electrons. The SMILES string of the molecule is CCCNC(=O)C1(c2ccc(NC(=O)c3cc(C)no3)cc2)CCC1. The molecule has 6 heteroatoms. The normalized spacial score (nSPS) is 15.3. The molecule has 2 aromatic rings. The van der Waals surface area contributed by atoms with E-state index in [1.165, 1.54) is 0 Å². The zero-order chi connectivity index (χ0) is 17.9. The lowest BCUT2D eigenvalue weighted by atomic mass is 9.64. The van der Waals surface area contributed by atoms with Crippen LogP contribution in [0.2, 0.25) is 0 Å². The fourth-order valence-corrected chi connectivity index (χ4v) is 3.12. The molecule has 3 rings (SSSR count). The largest absolute Gasteiger partial charge is 0.355 e. The third-order valence-electron chi connectivity index (χ3n) is 4.72. The van der Waals surface area contributed by atoms with Gasteiger partial charge in [-0.15, -0.1) is 0 Å². The van der Waals surface area contributed by atoms with Crippen molar-refractivity contribution in [3.8, 4) is 0 Å². The standard InChI is InChI=1S/C19H23N3O3/c1-3-11-20-18(24)19(9-4-10-19)14-5-7-15(8-6-14)21-17(23)16-12-13(2)22-25-16/h5-8,12H,3-4,9-11H2,1-2H3,(H,20,24)(H,21,23). The summed E-state index contributed by atoms with van der Waals surface area (Å²) in [6.45, 7) is 4.50. The van der Waals surface area contributed by atoms with Crippen molar-refractivity contribution >= 4 is 17.5 Å². The summed E-state index contributed by atoms with van der Waals surface area (Å²) < 4.78 is 4.96. The van der Waals surface area contributed by atoms with E-state index in [4.69, 9.17) is 4.52 Å². The molecule has 0 aliphatic heterocycles. The van der Waals surface area contributed by atoms with E-state index in [-0.39, 0.29) is 17.6 Å². The summed E-state index contributed by atoms with van der Waals surface area (Å²) in [6.07, 6.45) is 3.72. The third-order valence-corrected chi connectivity index (χ3v) is 4.72. The zero-order valence-corrected chi connectivity index (χ0v) is 14.6. The fourth-order valence-electron chi connectivity index (χ4n) is 3.12. The molecule has 1 fully saturated rings. The highest BCUT2D eigenvalue weighted by molar-refractivity contribution is 6.02. The van der Waals surface area contributed by atoms with Crippen LogP contribution in [0.1, 0.15) is 54.4 Å². The molecule has 2 N–H and O–H groups in total. The van der Waals surface area contributed by atoms with Crippen LogP contribution in [-0.4, -0.2) is 23.5 Å². The number of hydrogen-bond donors (Lipinski definition) is 2. The molecule has 1 aliphatic carbocycles. The van der Waals surface area contributed by atoms with Gasteiger partial charge in [-0.05, 0) is 43.9 Å². The summed E-state index contributed by atoms with van der Waals surface area (Å²) in [5.74, 6) is -0.0575. The first-order valence-electron chi connectivity index (χ1n) is 8.69. The summed E-state index contributed by atoms with van der Waals surface area (Å²) >= 11 is 0. The number of aromatic nitrogens is 1. The van der Waals surface area contributed by atoms with Crippen LogP contribution in [0.25, 0.3) is 0 Å². The molecule has 0 unspecified atom stereocenters. The minimum absolute atomic E-state index is 0.106. The number of rotatable bonds is 6. The number of carbonyl (C=O) groups is 2. The first-order valence-corrected chi connectivity index (χ1v) is 8.69.